The molecule has 0 saturated carbocycles. The van der Waals surface area contributed by atoms with Crippen LogP contribution in [0.1, 0.15) is 23.2 Å². The van der Waals surface area contributed by atoms with Gasteiger partial charge in [0.1, 0.15) is 5.75 Å². The first-order valence-electron chi connectivity index (χ1n) is 8.27. The minimum absolute atomic E-state index is 0.0368. The van der Waals surface area contributed by atoms with Gasteiger partial charge in [0.25, 0.3) is 15.9 Å². The molecule has 1 amide bonds. The van der Waals surface area contributed by atoms with Crippen molar-refractivity contribution in [1.29, 1.82) is 0 Å². The molecule has 27 heavy (non-hydrogen) atoms. The number of carbonyl (C=O) groups is 1. The van der Waals surface area contributed by atoms with Gasteiger partial charge in [-0.15, -0.1) is 0 Å². The zero-order chi connectivity index (χ0) is 19.6. The van der Waals surface area contributed by atoms with Gasteiger partial charge in [0, 0.05) is 18.1 Å². The summed E-state index contributed by atoms with van der Waals surface area (Å²) in [6.45, 7) is 1.33. The van der Waals surface area contributed by atoms with Crippen LogP contribution in [0.2, 0.25) is 5.02 Å². The van der Waals surface area contributed by atoms with E-state index in [1.54, 1.807) is 23.1 Å². The van der Waals surface area contributed by atoms with Crippen molar-refractivity contribution in [1.82, 2.24) is 4.90 Å². The van der Waals surface area contributed by atoms with Crippen LogP contribution in [0.5, 0.6) is 5.75 Å². The van der Waals surface area contributed by atoms with Gasteiger partial charge in [-0.2, -0.15) is 0 Å². The number of nitrogens with zero attached hydrogens (tertiary/aromatic N) is 1. The maximum atomic E-state index is 12.8. The molecule has 1 N–H and O–H groups in total. The zero-order valence-electron chi connectivity index (χ0n) is 14.5. The highest BCUT2D eigenvalue weighted by atomic mass is 79.9. The SMILES string of the molecule is COc1ccc(S(=O)(=O)Nc2cc(Cl)ccc2C(=O)N2CCCC2)cc1Br. The molecule has 0 aromatic heterocycles. The molecular formula is C18H18BrClN2O4S. The summed E-state index contributed by atoms with van der Waals surface area (Å²) in [6.07, 6.45) is 1.89. The van der Waals surface area contributed by atoms with Crippen LogP contribution >= 0.6 is 27.5 Å². The number of ether oxygens (including phenoxy) is 1. The summed E-state index contributed by atoms with van der Waals surface area (Å²) in [5, 5.41) is 0.335. The quantitative estimate of drug-likeness (QED) is 0.708. The Kier molecular flexibility index (Phi) is 5.98. The smallest absolute Gasteiger partial charge is 0.261 e. The topological polar surface area (TPSA) is 75.7 Å². The minimum atomic E-state index is -3.92. The van der Waals surface area contributed by atoms with Crippen LogP contribution in [-0.2, 0) is 10.0 Å². The van der Waals surface area contributed by atoms with Crippen molar-refractivity contribution in [3.63, 3.8) is 0 Å². The number of carbonyl (C=O) groups excluding carboxylic acids is 1. The summed E-state index contributed by atoms with van der Waals surface area (Å²) < 4.78 is 33.8. The number of benzene rings is 2. The molecule has 0 unspecified atom stereocenters. The average molecular weight is 474 g/mol. The van der Waals surface area contributed by atoms with Gasteiger partial charge in [-0.05, 0) is 65.2 Å². The van der Waals surface area contributed by atoms with Crippen molar-refractivity contribution in [2.45, 2.75) is 17.7 Å². The molecule has 1 saturated heterocycles. The van der Waals surface area contributed by atoms with E-state index in [2.05, 4.69) is 20.7 Å². The minimum Gasteiger partial charge on any atom is -0.496 e. The van der Waals surface area contributed by atoms with E-state index in [4.69, 9.17) is 16.3 Å². The van der Waals surface area contributed by atoms with Crippen LogP contribution in [0.25, 0.3) is 0 Å². The van der Waals surface area contributed by atoms with Gasteiger partial charge in [-0.25, -0.2) is 8.42 Å². The molecule has 1 heterocycles. The van der Waals surface area contributed by atoms with Crippen LogP contribution in [0.4, 0.5) is 5.69 Å². The number of amides is 1. The monoisotopic (exact) mass is 472 g/mol. The Balaban J connectivity index is 1.95. The molecule has 1 aliphatic rings. The number of methoxy groups -OCH3 is 1. The van der Waals surface area contributed by atoms with E-state index < -0.39 is 10.0 Å². The zero-order valence-corrected chi connectivity index (χ0v) is 17.7. The largest absolute Gasteiger partial charge is 0.496 e. The first kappa shape index (κ1) is 20.0. The summed E-state index contributed by atoms with van der Waals surface area (Å²) in [7, 11) is -2.43. The normalized spacial score (nSPS) is 14.3. The number of hydrogen-bond acceptors (Lipinski definition) is 4. The highest BCUT2D eigenvalue weighted by Crippen LogP contribution is 2.30. The first-order chi connectivity index (χ1) is 12.8. The van der Waals surface area contributed by atoms with Crippen LogP contribution in [-0.4, -0.2) is 39.4 Å². The second-order valence-electron chi connectivity index (χ2n) is 6.09. The Morgan fingerprint density at radius 3 is 2.52 bits per heavy atom. The van der Waals surface area contributed by atoms with Crippen molar-refractivity contribution in [2.75, 3.05) is 24.9 Å². The molecule has 1 aliphatic heterocycles. The number of anilines is 1. The van der Waals surface area contributed by atoms with Gasteiger partial charge < -0.3 is 9.64 Å². The third-order valence-electron chi connectivity index (χ3n) is 4.28. The average Bonchev–Trinajstić information content (AvgIpc) is 3.15. The second kappa shape index (κ2) is 8.08. The maximum Gasteiger partial charge on any atom is 0.261 e. The fourth-order valence-corrected chi connectivity index (χ4v) is 4.86. The molecule has 1 fully saturated rings. The van der Waals surface area contributed by atoms with E-state index in [9.17, 15) is 13.2 Å². The lowest BCUT2D eigenvalue weighted by Gasteiger charge is -2.19. The summed E-state index contributed by atoms with van der Waals surface area (Å²) in [4.78, 5) is 14.5. The van der Waals surface area contributed by atoms with Gasteiger partial charge in [-0.1, -0.05) is 11.6 Å². The van der Waals surface area contributed by atoms with Gasteiger partial charge >= 0.3 is 0 Å². The molecule has 0 atom stereocenters. The number of nitrogens with one attached hydrogen (secondary N) is 1. The van der Waals surface area contributed by atoms with Crippen LogP contribution in [0.15, 0.2) is 45.8 Å². The van der Waals surface area contributed by atoms with E-state index in [1.807, 2.05) is 0 Å². The molecule has 144 valence electrons. The molecular weight excluding hydrogens is 456 g/mol. The van der Waals surface area contributed by atoms with Crippen molar-refractivity contribution >= 4 is 49.1 Å². The molecule has 2 aromatic carbocycles. The Morgan fingerprint density at radius 2 is 1.89 bits per heavy atom. The van der Waals surface area contributed by atoms with Gasteiger partial charge in [-0.3, -0.25) is 9.52 Å². The predicted molar refractivity (Wildman–Crippen MR) is 108 cm³/mol. The van der Waals surface area contributed by atoms with E-state index >= 15 is 0 Å². The fourth-order valence-electron chi connectivity index (χ4n) is 2.90. The number of hydrogen-bond donors (Lipinski definition) is 1. The van der Waals surface area contributed by atoms with E-state index in [0.717, 1.165) is 12.8 Å². The highest BCUT2D eigenvalue weighted by molar-refractivity contribution is 9.10. The molecule has 9 heteroatoms. The Labute approximate surface area is 171 Å². The van der Waals surface area contributed by atoms with Crippen LogP contribution in [0, 0.1) is 0 Å². The standard InChI is InChI=1S/C18H18BrClN2O4S/c1-26-17-7-5-13(11-15(17)19)27(24,25)21-16-10-12(20)4-6-14(16)18(23)22-8-2-3-9-22/h4-7,10-11,21H,2-3,8-9H2,1H3. The second-order valence-corrected chi connectivity index (χ2v) is 9.06. The van der Waals surface area contributed by atoms with Crippen molar-refractivity contribution in [3.8, 4) is 5.75 Å². The van der Waals surface area contributed by atoms with Crippen LogP contribution < -0.4 is 9.46 Å². The lowest BCUT2D eigenvalue weighted by atomic mass is 10.1. The lowest BCUT2D eigenvalue weighted by molar-refractivity contribution is 0.0794. The number of halogens is 2. The predicted octanol–water partition coefficient (Wildman–Crippen LogP) is 4.15. The van der Waals surface area contributed by atoms with Crippen molar-refractivity contribution < 1.29 is 17.9 Å². The van der Waals surface area contributed by atoms with Crippen molar-refractivity contribution in [2.24, 2.45) is 0 Å². The Bertz CT molecular complexity index is 975. The maximum absolute atomic E-state index is 12.8. The van der Waals surface area contributed by atoms with Crippen molar-refractivity contribution in [3.05, 3.63) is 51.5 Å². The van der Waals surface area contributed by atoms with Gasteiger partial charge in [0.15, 0.2) is 0 Å². The third kappa shape index (κ3) is 4.39. The summed E-state index contributed by atoms with van der Waals surface area (Å²) >= 11 is 9.32. The Hall–Kier alpha value is -1.77. The molecule has 0 bridgehead atoms. The number of likely N-dealkylation sites (tertiary alicyclic amines) is 1. The Morgan fingerprint density at radius 1 is 1.19 bits per heavy atom. The van der Waals surface area contributed by atoms with Gasteiger partial charge in [0.2, 0.25) is 0 Å². The molecule has 0 aliphatic carbocycles. The molecule has 0 spiro atoms. The molecule has 6 nitrogen and oxygen atoms in total. The van der Waals surface area contributed by atoms with E-state index in [-0.39, 0.29) is 22.1 Å². The summed E-state index contributed by atoms with van der Waals surface area (Å²) in [5.74, 6) is 0.305. The molecule has 3 rings (SSSR count). The van der Waals surface area contributed by atoms with E-state index in [1.165, 1.54) is 25.3 Å². The third-order valence-corrected chi connectivity index (χ3v) is 6.50. The fraction of sp³-hybridized carbons (Fsp3) is 0.278. The number of rotatable bonds is 5. The van der Waals surface area contributed by atoms with E-state index in [0.29, 0.717) is 28.3 Å². The lowest BCUT2D eigenvalue weighted by Crippen LogP contribution is -2.28. The summed E-state index contributed by atoms with van der Waals surface area (Å²) in [6, 6.07) is 8.98. The molecule has 0 radical (unpaired) electrons. The summed E-state index contributed by atoms with van der Waals surface area (Å²) in [5.41, 5.74) is 0.434. The first-order valence-corrected chi connectivity index (χ1v) is 10.9. The number of sulfonamides is 1. The molecule has 2 aromatic rings. The highest BCUT2D eigenvalue weighted by Gasteiger charge is 2.25. The van der Waals surface area contributed by atoms with Gasteiger partial charge in [0.05, 0.1) is 27.7 Å². The van der Waals surface area contributed by atoms with Crippen LogP contribution in [0.3, 0.4) is 0 Å².